The van der Waals surface area contributed by atoms with Gasteiger partial charge in [-0.05, 0) is 69.5 Å². The van der Waals surface area contributed by atoms with Crippen molar-refractivity contribution in [3.05, 3.63) is 29.8 Å². The van der Waals surface area contributed by atoms with Crippen molar-refractivity contribution in [2.45, 2.75) is 57.2 Å². The van der Waals surface area contributed by atoms with Crippen LogP contribution in [0.2, 0.25) is 0 Å². The van der Waals surface area contributed by atoms with Gasteiger partial charge in [-0.2, -0.15) is 0 Å². The third-order valence-corrected chi connectivity index (χ3v) is 8.83. The molecule has 4 heterocycles. The second-order valence-electron chi connectivity index (χ2n) is 11.7. The second-order valence-corrected chi connectivity index (χ2v) is 11.7. The van der Waals surface area contributed by atoms with Crippen molar-refractivity contribution in [2.24, 2.45) is 5.92 Å². The van der Waals surface area contributed by atoms with Crippen LogP contribution < -0.4 is 15.5 Å². The SMILES string of the molecule is CC(CCNC(=O)c1ccc(N2CCN(C)CC2)cc1)CC(=O)N1CCC2C1C(=O)CN2C(=O)C1CCCN1. The lowest BCUT2D eigenvalue weighted by atomic mass is 10.0. The van der Waals surface area contributed by atoms with Crippen molar-refractivity contribution >= 4 is 29.2 Å². The summed E-state index contributed by atoms with van der Waals surface area (Å²) in [6.07, 6.45) is 3.42. The first-order valence-electron chi connectivity index (χ1n) is 14.5. The fourth-order valence-corrected chi connectivity index (χ4v) is 6.43. The zero-order valence-electron chi connectivity index (χ0n) is 23.2. The van der Waals surface area contributed by atoms with Crippen LogP contribution in [0.4, 0.5) is 5.69 Å². The molecule has 4 atom stereocenters. The van der Waals surface area contributed by atoms with E-state index in [9.17, 15) is 19.2 Å². The molecule has 0 radical (unpaired) electrons. The van der Waals surface area contributed by atoms with Crippen LogP contribution in [-0.2, 0) is 14.4 Å². The molecule has 39 heavy (non-hydrogen) atoms. The topological polar surface area (TPSA) is 105 Å². The normalized spacial score (nSPS) is 26.2. The molecule has 0 saturated carbocycles. The average molecular weight is 539 g/mol. The highest BCUT2D eigenvalue weighted by molar-refractivity contribution is 5.98. The van der Waals surface area contributed by atoms with Gasteiger partial charge in [-0.25, -0.2) is 0 Å². The number of nitrogens with zero attached hydrogens (tertiary/aromatic N) is 4. The third kappa shape index (κ3) is 6.11. The maximum Gasteiger partial charge on any atom is 0.251 e. The number of anilines is 1. The van der Waals surface area contributed by atoms with Crippen LogP contribution in [0.15, 0.2) is 24.3 Å². The van der Waals surface area contributed by atoms with E-state index in [-0.39, 0.29) is 48.1 Å². The summed E-state index contributed by atoms with van der Waals surface area (Å²) >= 11 is 0. The molecule has 4 saturated heterocycles. The standard InChI is InChI=1S/C29H42N6O4/c1-20(9-12-31-28(38)21-5-7-22(8-6-21)33-16-14-32(2)15-17-33)18-26(37)34-13-10-24-27(34)25(36)19-35(24)29(39)23-4-3-11-30-23/h5-8,20,23-24,27,30H,3-4,9-19H2,1-2H3,(H,31,38). The number of piperazine rings is 1. The first-order chi connectivity index (χ1) is 18.8. The quantitative estimate of drug-likeness (QED) is 0.503. The molecule has 1 aromatic rings. The molecule has 0 aromatic heterocycles. The highest BCUT2D eigenvalue weighted by Gasteiger charge is 2.52. The number of hydrogen-bond donors (Lipinski definition) is 2. The van der Waals surface area contributed by atoms with E-state index < -0.39 is 6.04 Å². The smallest absolute Gasteiger partial charge is 0.251 e. The van der Waals surface area contributed by atoms with Crippen molar-refractivity contribution in [2.75, 3.05) is 64.3 Å². The molecule has 10 heteroatoms. The molecule has 4 fully saturated rings. The minimum atomic E-state index is -0.511. The predicted octanol–water partition coefficient (Wildman–Crippen LogP) is 0.717. The lowest BCUT2D eigenvalue weighted by Gasteiger charge is -2.34. The van der Waals surface area contributed by atoms with Gasteiger partial charge in [-0.1, -0.05) is 6.92 Å². The molecule has 3 amide bonds. The van der Waals surface area contributed by atoms with E-state index in [0.717, 1.165) is 51.3 Å². The Kier molecular flexibility index (Phi) is 8.52. The number of benzene rings is 1. The first kappa shape index (κ1) is 27.6. The molecule has 4 aliphatic rings. The molecular formula is C29H42N6O4. The number of amides is 3. The van der Waals surface area contributed by atoms with Crippen LogP contribution in [0, 0.1) is 5.92 Å². The predicted molar refractivity (Wildman–Crippen MR) is 149 cm³/mol. The van der Waals surface area contributed by atoms with E-state index in [4.69, 9.17) is 0 Å². The fraction of sp³-hybridized carbons (Fsp3) is 0.655. The minimum Gasteiger partial charge on any atom is -0.369 e. The number of carbonyl (C=O) groups is 4. The summed E-state index contributed by atoms with van der Waals surface area (Å²) in [6.45, 7) is 7.97. The van der Waals surface area contributed by atoms with E-state index in [1.165, 1.54) is 0 Å². The van der Waals surface area contributed by atoms with Gasteiger partial charge in [0.05, 0.1) is 18.6 Å². The van der Waals surface area contributed by atoms with Crippen LogP contribution in [-0.4, -0.2) is 116 Å². The third-order valence-electron chi connectivity index (χ3n) is 8.83. The molecule has 4 aliphatic heterocycles. The lowest BCUT2D eigenvalue weighted by molar-refractivity contribution is -0.137. The molecule has 10 nitrogen and oxygen atoms in total. The molecule has 0 bridgehead atoms. The van der Waals surface area contributed by atoms with Crippen LogP contribution in [0.5, 0.6) is 0 Å². The van der Waals surface area contributed by atoms with E-state index >= 15 is 0 Å². The van der Waals surface area contributed by atoms with Crippen molar-refractivity contribution in [3.63, 3.8) is 0 Å². The molecule has 4 unspecified atom stereocenters. The number of ketones is 1. The molecule has 0 aliphatic carbocycles. The highest BCUT2D eigenvalue weighted by Crippen LogP contribution is 2.32. The Balaban J connectivity index is 1.05. The number of nitrogens with one attached hydrogen (secondary N) is 2. The number of likely N-dealkylation sites (tertiary alicyclic amines) is 2. The van der Waals surface area contributed by atoms with Crippen molar-refractivity contribution < 1.29 is 19.2 Å². The Labute approximate surface area is 231 Å². The Morgan fingerprint density at radius 2 is 1.77 bits per heavy atom. The van der Waals surface area contributed by atoms with Gasteiger partial charge in [0.2, 0.25) is 11.8 Å². The van der Waals surface area contributed by atoms with E-state index in [1.807, 2.05) is 31.2 Å². The number of Topliss-reactive ketones (excluding diaryl/α,β-unsaturated/α-hetero) is 1. The zero-order chi connectivity index (χ0) is 27.5. The van der Waals surface area contributed by atoms with Gasteiger partial charge in [0.15, 0.2) is 5.78 Å². The number of rotatable bonds is 8. The Hall–Kier alpha value is -2.98. The second kappa shape index (κ2) is 12.0. The van der Waals surface area contributed by atoms with Crippen LogP contribution >= 0.6 is 0 Å². The van der Waals surface area contributed by atoms with Crippen LogP contribution in [0.3, 0.4) is 0 Å². The van der Waals surface area contributed by atoms with E-state index in [2.05, 4.69) is 27.5 Å². The fourth-order valence-electron chi connectivity index (χ4n) is 6.43. The van der Waals surface area contributed by atoms with Gasteiger partial charge < -0.3 is 30.2 Å². The summed E-state index contributed by atoms with van der Waals surface area (Å²) in [5, 5.41) is 6.21. The monoisotopic (exact) mass is 538 g/mol. The minimum absolute atomic E-state index is 0.000673. The molecule has 5 rings (SSSR count). The summed E-state index contributed by atoms with van der Waals surface area (Å²) in [4.78, 5) is 59.6. The van der Waals surface area contributed by atoms with E-state index in [1.54, 1.807) is 9.80 Å². The van der Waals surface area contributed by atoms with Gasteiger partial charge in [0.25, 0.3) is 5.91 Å². The molecule has 2 N–H and O–H groups in total. The molecular weight excluding hydrogens is 496 g/mol. The largest absolute Gasteiger partial charge is 0.369 e. The van der Waals surface area contributed by atoms with E-state index in [0.29, 0.717) is 37.9 Å². The van der Waals surface area contributed by atoms with Gasteiger partial charge in [0, 0.05) is 56.9 Å². The maximum absolute atomic E-state index is 13.1. The first-order valence-corrected chi connectivity index (χ1v) is 14.5. The van der Waals surface area contributed by atoms with Gasteiger partial charge in [-0.15, -0.1) is 0 Å². The number of hydrogen-bond acceptors (Lipinski definition) is 7. The molecule has 0 spiro atoms. The zero-order valence-corrected chi connectivity index (χ0v) is 23.2. The number of likely N-dealkylation sites (N-methyl/N-ethyl adjacent to an activating group) is 1. The Morgan fingerprint density at radius 1 is 1.03 bits per heavy atom. The van der Waals surface area contributed by atoms with Gasteiger partial charge in [-0.3, -0.25) is 19.2 Å². The van der Waals surface area contributed by atoms with Crippen LogP contribution in [0.25, 0.3) is 0 Å². The van der Waals surface area contributed by atoms with Gasteiger partial charge in [0.1, 0.15) is 6.04 Å². The van der Waals surface area contributed by atoms with Crippen molar-refractivity contribution in [1.29, 1.82) is 0 Å². The Bertz CT molecular complexity index is 1060. The van der Waals surface area contributed by atoms with Crippen molar-refractivity contribution in [3.8, 4) is 0 Å². The summed E-state index contributed by atoms with van der Waals surface area (Å²) in [5.41, 5.74) is 1.77. The summed E-state index contributed by atoms with van der Waals surface area (Å²) in [5.74, 6) is -0.119. The van der Waals surface area contributed by atoms with Gasteiger partial charge >= 0.3 is 0 Å². The summed E-state index contributed by atoms with van der Waals surface area (Å²) < 4.78 is 0. The molecule has 1 aromatic carbocycles. The van der Waals surface area contributed by atoms with Crippen molar-refractivity contribution in [1.82, 2.24) is 25.3 Å². The number of carbonyl (C=O) groups excluding carboxylic acids is 4. The molecule has 212 valence electrons. The Morgan fingerprint density at radius 3 is 2.46 bits per heavy atom. The summed E-state index contributed by atoms with van der Waals surface area (Å²) in [7, 11) is 2.13. The van der Waals surface area contributed by atoms with Crippen LogP contribution in [0.1, 0.15) is 49.4 Å². The lowest BCUT2D eigenvalue weighted by Crippen LogP contribution is -2.47. The average Bonchev–Trinajstić information content (AvgIpc) is 3.68. The highest BCUT2D eigenvalue weighted by atomic mass is 16.2. The summed E-state index contributed by atoms with van der Waals surface area (Å²) in [6, 6.07) is 6.84. The maximum atomic E-state index is 13.1. The number of fused-ring (bicyclic) bond motifs is 1.